The Morgan fingerprint density at radius 3 is 2.37 bits per heavy atom. The van der Waals surface area contributed by atoms with Crippen molar-refractivity contribution in [3.8, 4) is 0 Å². The van der Waals surface area contributed by atoms with Crippen LogP contribution in [0.25, 0.3) is 0 Å². The van der Waals surface area contributed by atoms with Crippen molar-refractivity contribution in [1.29, 1.82) is 0 Å². The molecule has 0 bridgehead atoms. The molecule has 1 spiro atoms. The van der Waals surface area contributed by atoms with Crippen LogP contribution >= 0.6 is 11.8 Å². The standard InChI is InChI=1S/C21H30N2O3S/c1-20(2,3)17-7-5-16(6-8-17)19(25)22-11-9-21(10-12-22)23(13-14-26-4)18(24)15-27-21/h5-8H,9-15H2,1-4H3. The lowest BCUT2D eigenvalue weighted by Crippen LogP contribution is -2.53. The molecule has 2 aliphatic rings. The monoisotopic (exact) mass is 390 g/mol. The first-order valence-corrected chi connectivity index (χ1v) is 10.6. The van der Waals surface area contributed by atoms with Crippen molar-refractivity contribution in [3.05, 3.63) is 35.4 Å². The number of carbonyl (C=O) groups excluding carboxylic acids is 2. The predicted molar refractivity (Wildman–Crippen MR) is 109 cm³/mol. The van der Waals surface area contributed by atoms with Gasteiger partial charge in [0.25, 0.3) is 5.91 Å². The minimum absolute atomic E-state index is 0.0803. The van der Waals surface area contributed by atoms with E-state index in [1.807, 2.05) is 21.9 Å². The van der Waals surface area contributed by atoms with Gasteiger partial charge in [0.2, 0.25) is 5.91 Å². The SMILES string of the molecule is COCCN1C(=O)CSC12CCN(C(=O)c1ccc(C(C)(C)C)cc1)CC2. The van der Waals surface area contributed by atoms with Crippen LogP contribution in [0, 0.1) is 0 Å². The summed E-state index contributed by atoms with van der Waals surface area (Å²) in [5, 5.41) is 0. The van der Waals surface area contributed by atoms with E-state index in [2.05, 4.69) is 32.9 Å². The Bertz CT molecular complexity index is 688. The maximum atomic E-state index is 12.9. The number of nitrogens with zero attached hydrogens (tertiary/aromatic N) is 2. The molecule has 1 aromatic rings. The highest BCUT2D eigenvalue weighted by Gasteiger charge is 2.48. The average molecular weight is 391 g/mol. The minimum Gasteiger partial charge on any atom is -0.383 e. The summed E-state index contributed by atoms with van der Waals surface area (Å²) in [5.74, 6) is 0.809. The molecule has 0 saturated carbocycles. The van der Waals surface area contributed by atoms with E-state index >= 15 is 0 Å². The second-order valence-corrected chi connectivity index (χ2v) is 9.73. The average Bonchev–Trinajstić information content (AvgIpc) is 2.95. The van der Waals surface area contributed by atoms with Gasteiger partial charge < -0.3 is 14.5 Å². The summed E-state index contributed by atoms with van der Waals surface area (Å²) in [7, 11) is 1.66. The summed E-state index contributed by atoms with van der Waals surface area (Å²) in [6, 6.07) is 7.98. The zero-order valence-corrected chi connectivity index (χ0v) is 17.6. The highest BCUT2D eigenvalue weighted by molar-refractivity contribution is 8.01. The molecule has 0 N–H and O–H groups in total. The normalized spacial score (nSPS) is 19.8. The number of rotatable bonds is 4. The first kappa shape index (κ1) is 20.2. The van der Waals surface area contributed by atoms with Crippen LogP contribution in [0.2, 0.25) is 0 Å². The van der Waals surface area contributed by atoms with E-state index in [4.69, 9.17) is 4.74 Å². The molecule has 2 heterocycles. The quantitative estimate of drug-likeness (QED) is 0.793. The van der Waals surface area contributed by atoms with Crippen LogP contribution in [-0.2, 0) is 14.9 Å². The van der Waals surface area contributed by atoms with Gasteiger partial charge in [0.05, 0.1) is 17.2 Å². The van der Waals surface area contributed by atoms with Crippen LogP contribution in [-0.4, -0.2) is 65.6 Å². The van der Waals surface area contributed by atoms with Crippen molar-refractivity contribution in [2.75, 3.05) is 39.1 Å². The maximum Gasteiger partial charge on any atom is 0.253 e. The number of methoxy groups -OCH3 is 1. The van der Waals surface area contributed by atoms with E-state index in [0.717, 1.165) is 18.4 Å². The summed E-state index contributed by atoms with van der Waals surface area (Å²) in [6.07, 6.45) is 1.64. The minimum atomic E-state index is -0.164. The summed E-state index contributed by atoms with van der Waals surface area (Å²) in [6.45, 7) is 9.06. The van der Waals surface area contributed by atoms with E-state index in [1.54, 1.807) is 18.9 Å². The van der Waals surface area contributed by atoms with Gasteiger partial charge in [-0.05, 0) is 36.0 Å². The number of hydrogen-bond donors (Lipinski definition) is 0. The Morgan fingerprint density at radius 2 is 1.81 bits per heavy atom. The number of amides is 2. The summed E-state index contributed by atoms with van der Waals surface area (Å²) < 4.78 is 5.17. The fourth-order valence-corrected chi connectivity index (χ4v) is 5.23. The largest absolute Gasteiger partial charge is 0.383 e. The summed E-state index contributed by atoms with van der Waals surface area (Å²) >= 11 is 1.73. The number of hydrogen-bond acceptors (Lipinski definition) is 4. The molecule has 2 amide bonds. The first-order chi connectivity index (χ1) is 12.8. The second kappa shape index (κ2) is 7.84. The molecule has 2 saturated heterocycles. The van der Waals surface area contributed by atoms with Crippen molar-refractivity contribution in [2.45, 2.75) is 43.9 Å². The van der Waals surface area contributed by atoms with E-state index < -0.39 is 0 Å². The lowest BCUT2D eigenvalue weighted by Gasteiger charge is -2.44. The number of thioether (sulfide) groups is 1. The van der Waals surface area contributed by atoms with Crippen LogP contribution in [0.4, 0.5) is 0 Å². The molecule has 5 nitrogen and oxygen atoms in total. The Labute approximate surface area is 166 Å². The lowest BCUT2D eigenvalue weighted by atomic mass is 9.86. The van der Waals surface area contributed by atoms with Gasteiger partial charge in [0, 0.05) is 32.3 Å². The molecule has 0 radical (unpaired) electrons. The number of benzene rings is 1. The molecule has 0 atom stereocenters. The molecular formula is C21H30N2O3S. The Kier molecular flexibility index (Phi) is 5.87. The van der Waals surface area contributed by atoms with Crippen molar-refractivity contribution in [3.63, 3.8) is 0 Å². The van der Waals surface area contributed by atoms with Crippen molar-refractivity contribution < 1.29 is 14.3 Å². The van der Waals surface area contributed by atoms with E-state index in [1.165, 1.54) is 5.56 Å². The highest BCUT2D eigenvalue weighted by Crippen LogP contribution is 2.44. The number of carbonyl (C=O) groups is 2. The molecule has 0 aromatic heterocycles. The first-order valence-electron chi connectivity index (χ1n) is 9.60. The third kappa shape index (κ3) is 4.16. The molecule has 2 fully saturated rings. The maximum absolute atomic E-state index is 12.9. The molecule has 3 rings (SSSR count). The van der Waals surface area contributed by atoms with Crippen LogP contribution in [0.5, 0.6) is 0 Å². The highest BCUT2D eigenvalue weighted by atomic mass is 32.2. The van der Waals surface area contributed by atoms with Gasteiger partial charge >= 0.3 is 0 Å². The summed E-state index contributed by atoms with van der Waals surface area (Å²) in [4.78, 5) is 28.9. The summed E-state index contributed by atoms with van der Waals surface area (Å²) in [5.41, 5.74) is 2.05. The smallest absolute Gasteiger partial charge is 0.253 e. The molecule has 148 valence electrons. The van der Waals surface area contributed by atoms with Crippen LogP contribution < -0.4 is 0 Å². The van der Waals surface area contributed by atoms with Gasteiger partial charge in [-0.15, -0.1) is 11.8 Å². The second-order valence-electron chi connectivity index (χ2n) is 8.39. The van der Waals surface area contributed by atoms with Gasteiger partial charge in [-0.3, -0.25) is 9.59 Å². The third-order valence-corrected chi connectivity index (χ3v) is 7.16. The zero-order valence-electron chi connectivity index (χ0n) is 16.8. The Hall–Kier alpha value is -1.53. The number of ether oxygens (including phenoxy) is 1. The van der Waals surface area contributed by atoms with Crippen molar-refractivity contribution >= 4 is 23.6 Å². The van der Waals surface area contributed by atoms with Gasteiger partial charge in [-0.1, -0.05) is 32.9 Å². The molecule has 0 unspecified atom stereocenters. The zero-order chi connectivity index (χ0) is 19.7. The van der Waals surface area contributed by atoms with Crippen molar-refractivity contribution in [2.24, 2.45) is 0 Å². The number of piperidine rings is 1. The van der Waals surface area contributed by atoms with Gasteiger partial charge in [0.15, 0.2) is 0 Å². The fraction of sp³-hybridized carbons (Fsp3) is 0.619. The van der Waals surface area contributed by atoms with E-state index in [0.29, 0.717) is 32.0 Å². The topological polar surface area (TPSA) is 49.9 Å². The molecule has 6 heteroatoms. The van der Waals surface area contributed by atoms with Crippen LogP contribution in [0.15, 0.2) is 24.3 Å². The molecular weight excluding hydrogens is 360 g/mol. The van der Waals surface area contributed by atoms with E-state index in [9.17, 15) is 9.59 Å². The van der Waals surface area contributed by atoms with Crippen LogP contribution in [0.1, 0.15) is 49.5 Å². The lowest BCUT2D eigenvalue weighted by molar-refractivity contribution is -0.131. The number of likely N-dealkylation sites (tertiary alicyclic amines) is 1. The fourth-order valence-electron chi connectivity index (χ4n) is 3.86. The third-order valence-electron chi connectivity index (χ3n) is 5.61. The van der Waals surface area contributed by atoms with Gasteiger partial charge in [0.1, 0.15) is 0 Å². The van der Waals surface area contributed by atoms with Crippen LogP contribution in [0.3, 0.4) is 0 Å². The molecule has 1 aromatic carbocycles. The molecule has 27 heavy (non-hydrogen) atoms. The molecule has 2 aliphatic heterocycles. The van der Waals surface area contributed by atoms with E-state index in [-0.39, 0.29) is 22.1 Å². The predicted octanol–water partition coefficient (Wildman–Crippen LogP) is 3.14. The van der Waals surface area contributed by atoms with Crippen molar-refractivity contribution in [1.82, 2.24) is 9.80 Å². The van der Waals surface area contributed by atoms with Gasteiger partial charge in [-0.2, -0.15) is 0 Å². The Balaban J connectivity index is 1.65. The molecule has 0 aliphatic carbocycles. The Morgan fingerprint density at radius 1 is 1.19 bits per heavy atom. The van der Waals surface area contributed by atoms with Gasteiger partial charge in [-0.25, -0.2) is 0 Å².